The molecule has 1 unspecified atom stereocenters. The van der Waals surface area contributed by atoms with Crippen molar-refractivity contribution in [2.24, 2.45) is 18.7 Å². The molecule has 0 saturated carbocycles. The minimum atomic E-state index is 0.362. The van der Waals surface area contributed by atoms with Gasteiger partial charge in [0, 0.05) is 32.3 Å². The lowest BCUT2D eigenvalue weighted by molar-refractivity contribution is 0.195. The van der Waals surface area contributed by atoms with Crippen LogP contribution in [0.15, 0.2) is 6.20 Å². The second kappa shape index (κ2) is 4.88. The van der Waals surface area contributed by atoms with E-state index in [9.17, 15) is 0 Å². The lowest BCUT2D eigenvalue weighted by Gasteiger charge is -2.31. The molecule has 1 atom stereocenters. The fraction of sp³-hybridized carbons (Fsp3) is 0.700. The summed E-state index contributed by atoms with van der Waals surface area (Å²) >= 11 is 5.06. The highest BCUT2D eigenvalue weighted by molar-refractivity contribution is 7.80. The summed E-state index contributed by atoms with van der Waals surface area (Å²) in [5, 5.41) is 8.01. The van der Waals surface area contributed by atoms with Crippen LogP contribution in [-0.2, 0) is 13.6 Å². The Balaban J connectivity index is 1.92. The quantitative estimate of drug-likeness (QED) is 0.769. The van der Waals surface area contributed by atoms with E-state index >= 15 is 0 Å². The first-order valence-corrected chi connectivity index (χ1v) is 5.93. The maximum absolute atomic E-state index is 5.70. The van der Waals surface area contributed by atoms with E-state index in [-0.39, 0.29) is 0 Å². The zero-order valence-corrected chi connectivity index (χ0v) is 10.3. The van der Waals surface area contributed by atoms with E-state index in [0.717, 1.165) is 38.2 Å². The molecule has 88 valence electrons. The molecular weight excluding hydrogens is 222 g/mol. The highest BCUT2D eigenvalue weighted by Crippen LogP contribution is 2.18. The summed E-state index contributed by atoms with van der Waals surface area (Å²) in [4.78, 5) is 2.99. The molecule has 1 aromatic rings. The zero-order valence-electron chi connectivity index (χ0n) is 9.46. The molecule has 0 spiro atoms. The van der Waals surface area contributed by atoms with Gasteiger partial charge in [-0.25, -0.2) is 0 Å². The predicted molar refractivity (Wildman–Crippen MR) is 65.8 cm³/mol. The maximum atomic E-state index is 5.70. The molecule has 2 rings (SSSR count). The molecule has 2 heterocycles. The Morgan fingerprint density at radius 1 is 1.69 bits per heavy atom. The Kier molecular flexibility index (Phi) is 3.50. The SMILES string of the molecule is Cn1cc(CN2CCCC(C(N)=S)C2)nn1. The van der Waals surface area contributed by atoms with Gasteiger partial charge >= 0.3 is 0 Å². The van der Waals surface area contributed by atoms with Crippen LogP contribution in [0.25, 0.3) is 0 Å². The average Bonchev–Trinajstić information content (AvgIpc) is 2.64. The number of rotatable bonds is 3. The van der Waals surface area contributed by atoms with Crippen molar-refractivity contribution < 1.29 is 0 Å². The van der Waals surface area contributed by atoms with Crippen molar-refractivity contribution in [2.45, 2.75) is 19.4 Å². The van der Waals surface area contributed by atoms with Gasteiger partial charge in [0.05, 0.1) is 10.7 Å². The van der Waals surface area contributed by atoms with E-state index in [1.54, 1.807) is 4.68 Å². The topological polar surface area (TPSA) is 60.0 Å². The Labute approximate surface area is 101 Å². The molecule has 0 radical (unpaired) electrons. The Bertz CT molecular complexity index is 375. The third kappa shape index (κ3) is 2.76. The van der Waals surface area contributed by atoms with Crippen LogP contribution in [0.5, 0.6) is 0 Å². The molecule has 5 nitrogen and oxygen atoms in total. The van der Waals surface area contributed by atoms with Gasteiger partial charge in [0.25, 0.3) is 0 Å². The highest BCUT2D eigenvalue weighted by Gasteiger charge is 2.22. The van der Waals surface area contributed by atoms with Gasteiger partial charge in [-0.1, -0.05) is 17.4 Å². The number of thiocarbonyl (C=S) groups is 1. The second-order valence-electron chi connectivity index (χ2n) is 4.36. The highest BCUT2D eigenvalue weighted by atomic mass is 32.1. The van der Waals surface area contributed by atoms with Gasteiger partial charge in [0.1, 0.15) is 0 Å². The van der Waals surface area contributed by atoms with E-state index in [0.29, 0.717) is 10.9 Å². The second-order valence-corrected chi connectivity index (χ2v) is 4.83. The number of likely N-dealkylation sites (tertiary alicyclic amines) is 1. The van der Waals surface area contributed by atoms with E-state index in [1.165, 1.54) is 0 Å². The van der Waals surface area contributed by atoms with Gasteiger partial charge in [0.2, 0.25) is 0 Å². The van der Waals surface area contributed by atoms with Gasteiger partial charge in [-0.3, -0.25) is 9.58 Å². The molecular formula is C10H17N5S. The molecule has 0 bridgehead atoms. The number of piperidine rings is 1. The van der Waals surface area contributed by atoms with E-state index < -0.39 is 0 Å². The van der Waals surface area contributed by atoms with Crippen LogP contribution in [0.3, 0.4) is 0 Å². The number of aryl methyl sites for hydroxylation is 1. The predicted octanol–water partition coefficient (Wildman–Crippen LogP) is 0.313. The molecule has 0 aromatic carbocycles. The monoisotopic (exact) mass is 239 g/mol. The maximum Gasteiger partial charge on any atom is 0.0967 e. The van der Waals surface area contributed by atoms with Crippen LogP contribution in [0, 0.1) is 5.92 Å². The van der Waals surface area contributed by atoms with Crippen LogP contribution < -0.4 is 5.73 Å². The van der Waals surface area contributed by atoms with E-state index in [1.807, 2.05) is 13.2 Å². The zero-order chi connectivity index (χ0) is 11.5. The van der Waals surface area contributed by atoms with Crippen molar-refractivity contribution in [2.75, 3.05) is 13.1 Å². The summed E-state index contributed by atoms with van der Waals surface area (Å²) in [7, 11) is 1.88. The third-order valence-corrected chi connectivity index (χ3v) is 3.28. The summed E-state index contributed by atoms with van der Waals surface area (Å²) < 4.78 is 1.73. The first kappa shape index (κ1) is 11.5. The largest absolute Gasteiger partial charge is 0.393 e. The number of nitrogens with two attached hydrogens (primary N) is 1. The smallest absolute Gasteiger partial charge is 0.0967 e. The van der Waals surface area contributed by atoms with Crippen molar-refractivity contribution >= 4 is 17.2 Å². The fourth-order valence-corrected chi connectivity index (χ4v) is 2.32. The standard InChI is InChI=1S/C10H17N5S/c1-14-6-9(12-13-14)7-15-4-2-3-8(5-15)10(11)16/h6,8H,2-5,7H2,1H3,(H2,11,16). The number of aromatic nitrogens is 3. The molecule has 2 N–H and O–H groups in total. The lowest BCUT2D eigenvalue weighted by atomic mass is 9.98. The molecule has 1 aliphatic heterocycles. The fourth-order valence-electron chi connectivity index (χ4n) is 2.13. The molecule has 1 aromatic heterocycles. The van der Waals surface area contributed by atoms with Crippen LogP contribution in [0.1, 0.15) is 18.5 Å². The summed E-state index contributed by atoms with van der Waals surface area (Å²) in [5.74, 6) is 0.362. The molecule has 16 heavy (non-hydrogen) atoms. The molecule has 0 aliphatic carbocycles. The van der Waals surface area contributed by atoms with Crippen molar-refractivity contribution in [3.63, 3.8) is 0 Å². The average molecular weight is 239 g/mol. The molecule has 6 heteroatoms. The van der Waals surface area contributed by atoms with Crippen LogP contribution in [-0.4, -0.2) is 38.0 Å². The molecule has 1 saturated heterocycles. The third-order valence-electron chi connectivity index (χ3n) is 2.94. The Hall–Kier alpha value is -1.01. The normalized spacial score (nSPS) is 22.2. The summed E-state index contributed by atoms with van der Waals surface area (Å²) in [6.07, 6.45) is 4.22. The van der Waals surface area contributed by atoms with E-state index in [4.69, 9.17) is 18.0 Å². The Morgan fingerprint density at radius 2 is 2.50 bits per heavy atom. The number of nitrogens with zero attached hydrogens (tertiary/aromatic N) is 4. The first-order chi connectivity index (χ1) is 7.65. The van der Waals surface area contributed by atoms with Crippen LogP contribution in [0.2, 0.25) is 0 Å². The van der Waals surface area contributed by atoms with E-state index in [2.05, 4.69) is 15.2 Å². The summed E-state index contributed by atoms with van der Waals surface area (Å²) in [6, 6.07) is 0. The van der Waals surface area contributed by atoms with Gasteiger partial charge < -0.3 is 5.73 Å². The molecule has 1 aliphatic rings. The van der Waals surface area contributed by atoms with Crippen LogP contribution >= 0.6 is 12.2 Å². The van der Waals surface area contributed by atoms with Gasteiger partial charge in [0.15, 0.2) is 0 Å². The number of hydrogen-bond donors (Lipinski definition) is 1. The van der Waals surface area contributed by atoms with Crippen molar-refractivity contribution in [1.82, 2.24) is 19.9 Å². The Morgan fingerprint density at radius 3 is 3.12 bits per heavy atom. The van der Waals surface area contributed by atoms with Gasteiger partial charge in [-0.05, 0) is 19.4 Å². The minimum absolute atomic E-state index is 0.362. The van der Waals surface area contributed by atoms with Gasteiger partial charge in [-0.15, -0.1) is 5.10 Å². The van der Waals surface area contributed by atoms with Crippen molar-refractivity contribution in [3.05, 3.63) is 11.9 Å². The van der Waals surface area contributed by atoms with Crippen molar-refractivity contribution in [1.29, 1.82) is 0 Å². The summed E-state index contributed by atoms with van der Waals surface area (Å²) in [5.41, 5.74) is 6.71. The van der Waals surface area contributed by atoms with Gasteiger partial charge in [-0.2, -0.15) is 0 Å². The lowest BCUT2D eigenvalue weighted by Crippen LogP contribution is -2.40. The van der Waals surface area contributed by atoms with Crippen LogP contribution in [0.4, 0.5) is 0 Å². The first-order valence-electron chi connectivity index (χ1n) is 5.52. The minimum Gasteiger partial charge on any atom is -0.393 e. The number of hydrogen-bond acceptors (Lipinski definition) is 4. The summed E-state index contributed by atoms with van der Waals surface area (Å²) in [6.45, 7) is 2.88. The molecule has 0 amide bonds. The van der Waals surface area contributed by atoms with Crippen molar-refractivity contribution in [3.8, 4) is 0 Å². The molecule has 1 fully saturated rings.